The second kappa shape index (κ2) is 6.48. The molecule has 4 nitrogen and oxygen atoms in total. The molecular formula is C13H24N4S. The van der Waals surface area contributed by atoms with Crippen molar-refractivity contribution in [3.63, 3.8) is 0 Å². The monoisotopic (exact) mass is 268 g/mol. The first-order valence-electron chi connectivity index (χ1n) is 6.94. The van der Waals surface area contributed by atoms with E-state index < -0.39 is 0 Å². The molecule has 0 saturated carbocycles. The number of aromatic nitrogens is 2. The van der Waals surface area contributed by atoms with Crippen LogP contribution in [0.2, 0.25) is 0 Å². The lowest BCUT2D eigenvalue weighted by atomic mass is 10.0. The first-order valence-corrected chi connectivity index (χ1v) is 7.76. The second-order valence-electron chi connectivity index (χ2n) is 5.50. The molecule has 0 aromatic carbocycles. The van der Waals surface area contributed by atoms with E-state index in [1.807, 2.05) is 6.92 Å². The van der Waals surface area contributed by atoms with Crippen LogP contribution in [0.15, 0.2) is 0 Å². The Morgan fingerprint density at radius 1 is 1.39 bits per heavy atom. The normalized spacial score (nSPS) is 20.7. The topological polar surface area (TPSA) is 41.1 Å². The zero-order valence-corrected chi connectivity index (χ0v) is 12.5. The number of rotatable bonds is 5. The van der Waals surface area contributed by atoms with Crippen LogP contribution in [-0.4, -0.2) is 35.9 Å². The molecule has 0 radical (unpaired) electrons. The molecular weight excluding hydrogens is 244 g/mol. The summed E-state index contributed by atoms with van der Waals surface area (Å²) in [4.78, 5) is 2.45. The van der Waals surface area contributed by atoms with Gasteiger partial charge in [-0.15, -0.1) is 10.2 Å². The maximum atomic E-state index is 4.30. The number of nitrogens with one attached hydrogen (secondary N) is 1. The van der Waals surface area contributed by atoms with Gasteiger partial charge in [-0.1, -0.05) is 25.2 Å². The highest BCUT2D eigenvalue weighted by Crippen LogP contribution is 2.27. The maximum Gasteiger partial charge on any atom is 0.208 e. The van der Waals surface area contributed by atoms with Crippen molar-refractivity contribution in [1.82, 2.24) is 15.5 Å². The van der Waals surface area contributed by atoms with Crippen molar-refractivity contribution < 1.29 is 0 Å². The van der Waals surface area contributed by atoms with Crippen LogP contribution < -0.4 is 10.2 Å². The van der Waals surface area contributed by atoms with E-state index in [0.717, 1.165) is 29.8 Å². The summed E-state index contributed by atoms with van der Waals surface area (Å²) in [5, 5.41) is 14.2. The first-order chi connectivity index (χ1) is 8.66. The van der Waals surface area contributed by atoms with Crippen molar-refractivity contribution in [1.29, 1.82) is 0 Å². The lowest BCUT2D eigenvalue weighted by molar-refractivity contribution is 0.422. The molecule has 1 aromatic rings. The average molecular weight is 268 g/mol. The van der Waals surface area contributed by atoms with Gasteiger partial charge in [0.25, 0.3) is 0 Å². The molecule has 5 heteroatoms. The molecule has 0 aliphatic carbocycles. The highest BCUT2D eigenvalue weighted by atomic mass is 32.1. The van der Waals surface area contributed by atoms with Gasteiger partial charge in [0, 0.05) is 19.1 Å². The van der Waals surface area contributed by atoms with Crippen molar-refractivity contribution in [2.75, 3.05) is 24.5 Å². The first kappa shape index (κ1) is 13.7. The summed E-state index contributed by atoms with van der Waals surface area (Å²) >= 11 is 1.71. The quantitative estimate of drug-likeness (QED) is 0.890. The summed E-state index contributed by atoms with van der Waals surface area (Å²) in [5.74, 6) is 0.714. The number of anilines is 1. The van der Waals surface area contributed by atoms with Gasteiger partial charge in [-0.25, -0.2) is 0 Å². The van der Waals surface area contributed by atoms with Crippen molar-refractivity contribution in [2.45, 2.75) is 46.1 Å². The zero-order valence-electron chi connectivity index (χ0n) is 11.6. The van der Waals surface area contributed by atoms with Gasteiger partial charge in [0.15, 0.2) is 0 Å². The van der Waals surface area contributed by atoms with E-state index >= 15 is 0 Å². The highest BCUT2D eigenvalue weighted by molar-refractivity contribution is 7.15. The van der Waals surface area contributed by atoms with E-state index in [2.05, 4.69) is 34.3 Å². The molecule has 1 fully saturated rings. The molecule has 0 spiro atoms. The van der Waals surface area contributed by atoms with Crippen molar-refractivity contribution >= 4 is 16.5 Å². The zero-order chi connectivity index (χ0) is 13.0. The third-order valence-corrected chi connectivity index (χ3v) is 4.20. The average Bonchev–Trinajstić information content (AvgIpc) is 2.76. The summed E-state index contributed by atoms with van der Waals surface area (Å²) in [5.41, 5.74) is 0. The third-order valence-electron chi connectivity index (χ3n) is 3.32. The predicted octanol–water partition coefficient (Wildman–Crippen LogP) is 2.45. The minimum atomic E-state index is 0.588. The lowest BCUT2D eigenvalue weighted by Gasteiger charge is -2.35. The van der Waals surface area contributed by atoms with Gasteiger partial charge in [-0.05, 0) is 38.6 Å². The Hall–Kier alpha value is -0.680. The van der Waals surface area contributed by atoms with Crippen LogP contribution in [0, 0.1) is 12.8 Å². The Balaban J connectivity index is 1.93. The lowest BCUT2D eigenvalue weighted by Crippen LogP contribution is -2.46. The van der Waals surface area contributed by atoms with Crippen molar-refractivity contribution in [2.24, 2.45) is 5.92 Å². The number of piperidine rings is 1. The van der Waals surface area contributed by atoms with Crippen LogP contribution in [0.4, 0.5) is 5.13 Å². The summed E-state index contributed by atoms with van der Waals surface area (Å²) in [7, 11) is 0. The molecule has 2 rings (SSSR count). The molecule has 0 amide bonds. The minimum absolute atomic E-state index is 0.588. The van der Waals surface area contributed by atoms with Crippen LogP contribution >= 0.6 is 11.3 Å². The molecule has 1 N–H and O–H groups in total. The van der Waals surface area contributed by atoms with E-state index in [1.165, 1.54) is 19.3 Å². The smallest absolute Gasteiger partial charge is 0.208 e. The number of aryl methyl sites for hydroxylation is 1. The SMILES string of the molecule is Cc1nnc(N2CCCCC2CNCC(C)C)s1. The van der Waals surface area contributed by atoms with Gasteiger partial charge in [0.1, 0.15) is 5.01 Å². The molecule has 1 saturated heterocycles. The molecule has 1 aromatic heterocycles. The summed E-state index contributed by atoms with van der Waals surface area (Å²) < 4.78 is 0. The summed E-state index contributed by atoms with van der Waals surface area (Å²) in [6, 6.07) is 0.588. The maximum absolute atomic E-state index is 4.30. The highest BCUT2D eigenvalue weighted by Gasteiger charge is 2.24. The van der Waals surface area contributed by atoms with Gasteiger partial charge in [-0.3, -0.25) is 0 Å². The Kier molecular flexibility index (Phi) is 4.95. The van der Waals surface area contributed by atoms with Gasteiger partial charge < -0.3 is 10.2 Å². The second-order valence-corrected chi connectivity index (χ2v) is 6.66. The fraction of sp³-hybridized carbons (Fsp3) is 0.846. The minimum Gasteiger partial charge on any atom is -0.342 e. The standard InChI is InChI=1S/C13H24N4S/c1-10(2)8-14-9-12-6-4-5-7-17(12)13-16-15-11(3)18-13/h10,12,14H,4-9H2,1-3H3. The van der Waals surface area contributed by atoms with Gasteiger partial charge >= 0.3 is 0 Å². The molecule has 1 aliphatic heterocycles. The van der Waals surface area contributed by atoms with E-state index in [9.17, 15) is 0 Å². The van der Waals surface area contributed by atoms with Crippen LogP contribution in [0.3, 0.4) is 0 Å². The summed E-state index contributed by atoms with van der Waals surface area (Å²) in [6.45, 7) is 9.82. The van der Waals surface area contributed by atoms with Crippen LogP contribution in [-0.2, 0) is 0 Å². The van der Waals surface area contributed by atoms with Crippen molar-refractivity contribution in [3.8, 4) is 0 Å². The van der Waals surface area contributed by atoms with Crippen LogP contribution in [0.1, 0.15) is 38.1 Å². The van der Waals surface area contributed by atoms with Crippen LogP contribution in [0.5, 0.6) is 0 Å². The van der Waals surface area contributed by atoms with Crippen molar-refractivity contribution in [3.05, 3.63) is 5.01 Å². The van der Waals surface area contributed by atoms with E-state index in [-0.39, 0.29) is 0 Å². The molecule has 102 valence electrons. The summed E-state index contributed by atoms with van der Waals surface area (Å²) in [6.07, 6.45) is 3.88. The van der Waals surface area contributed by atoms with E-state index in [1.54, 1.807) is 11.3 Å². The number of nitrogens with zero attached hydrogens (tertiary/aromatic N) is 3. The van der Waals surface area contributed by atoms with Gasteiger partial charge in [0.05, 0.1) is 0 Å². The molecule has 2 heterocycles. The van der Waals surface area contributed by atoms with E-state index in [4.69, 9.17) is 0 Å². The fourth-order valence-corrected chi connectivity index (χ4v) is 3.19. The van der Waals surface area contributed by atoms with Gasteiger partial charge in [-0.2, -0.15) is 0 Å². The Bertz CT molecular complexity index is 364. The fourth-order valence-electron chi connectivity index (χ4n) is 2.41. The van der Waals surface area contributed by atoms with E-state index in [0.29, 0.717) is 12.0 Å². The van der Waals surface area contributed by atoms with Gasteiger partial charge in [0.2, 0.25) is 5.13 Å². The Labute approximate surface area is 114 Å². The molecule has 1 unspecified atom stereocenters. The molecule has 1 aliphatic rings. The number of hydrogen-bond acceptors (Lipinski definition) is 5. The molecule has 18 heavy (non-hydrogen) atoms. The Morgan fingerprint density at radius 2 is 2.22 bits per heavy atom. The molecule has 0 bridgehead atoms. The number of hydrogen-bond donors (Lipinski definition) is 1. The largest absolute Gasteiger partial charge is 0.342 e. The predicted molar refractivity (Wildman–Crippen MR) is 77.3 cm³/mol. The van der Waals surface area contributed by atoms with Crippen LogP contribution in [0.25, 0.3) is 0 Å². The Morgan fingerprint density at radius 3 is 2.89 bits per heavy atom. The molecule has 1 atom stereocenters. The third kappa shape index (κ3) is 3.65.